The lowest BCUT2D eigenvalue weighted by atomic mass is 10.0. The van der Waals surface area contributed by atoms with Crippen molar-refractivity contribution in [1.82, 2.24) is 5.32 Å². The minimum Gasteiger partial charge on any atom is -0.380 e. The van der Waals surface area contributed by atoms with Crippen molar-refractivity contribution in [2.75, 3.05) is 40.1 Å². The molecule has 0 saturated heterocycles. The summed E-state index contributed by atoms with van der Waals surface area (Å²) in [5.41, 5.74) is -0.347. The predicted molar refractivity (Wildman–Crippen MR) is 59.5 cm³/mol. The largest absolute Gasteiger partial charge is 0.380 e. The highest BCUT2D eigenvalue weighted by Crippen LogP contribution is 2.07. The van der Waals surface area contributed by atoms with Gasteiger partial charge in [-0.1, -0.05) is 6.92 Å². The van der Waals surface area contributed by atoms with Crippen LogP contribution in [0.2, 0.25) is 0 Å². The molecule has 0 aromatic rings. The van der Waals surface area contributed by atoms with Crippen LogP contribution in [-0.4, -0.2) is 45.6 Å². The van der Waals surface area contributed by atoms with Gasteiger partial charge in [0.25, 0.3) is 0 Å². The molecule has 0 bridgehead atoms. The Morgan fingerprint density at radius 1 is 1.13 bits per heavy atom. The van der Waals surface area contributed by atoms with Gasteiger partial charge in [-0.2, -0.15) is 0 Å². The van der Waals surface area contributed by atoms with Crippen molar-refractivity contribution in [3.8, 4) is 0 Å². The molecule has 0 aromatic carbocycles. The van der Waals surface area contributed by atoms with Crippen molar-refractivity contribution in [3.63, 3.8) is 0 Å². The highest BCUT2D eigenvalue weighted by molar-refractivity contribution is 4.86. The third kappa shape index (κ3) is 6.06. The molecule has 92 valence electrons. The van der Waals surface area contributed by atoms with Gasteiger partial charge in [-0.25, -0.2) is 5.90 Å². The molecule has 5 nitrogen and oxygen atoms in total. The minimum absolute atomic E-state index is 0.347. The third-order valence-electron chi connectivity index (χ3n) is 2.20. The first-order valence-electron chi connectivity index (χ1n) is 5.40. The molecule has 0 aliphatic heterocycles. The fourth-order valence-electron chi connectivity index (χ4n) is 1.21. The molecule has 1 atom stereocenters. The summed E-state index contributed by atoms with van der Waals surface area (Å²) < 4.78 is 10.9. The van der Waals surface area contributed by atoms with E-state index in [0.717, 1.165) is 13.0 Å². The Morgan fingerprint density at radius 3 is 2.27 bits per heavy atom. The van der Waals surface area contributed by atoms with Crippen LogP contribution in [-0.2, 0) is 14.3 Å². The number of rotatable bonds is 10. The lowest BCUT2D eigenvalue weighted by Crippen LogP contribution is -2.55. The van der Waals surface area contributed by atoms with E-state index in [-0.39, 0.29) is 5.54 Å². The second kappa shape index (κ2) is 9.06. The lowest BCUT2D eigenvalue weighted by molar-refractivity contribution is -0.0353. The van der Waals surface area contributed by atoms with Crippen molar-refractivity contribution in [2.24, 2.45) is 5.90 Å². The third-order valence-corrected chi connectivity index (χ3v) is 2.20. The second-order valence-electron chi connectivity index (χ2n) is 3.53. The van der Waals surface area contributed by atoms with Crippen LogP contribution in [0.5, 0.6) is 0 Å². The standard InChI is InChI=1S/C10H24N2O3/c1-4-6-14-8-10(12-3,9-15-11)7-13-5-2/h12H,4-9,11H2,1-3H3. The fraction of sp³-hybridized carbons (Fsp3) is 1.00. The van der Waals surface area contributed by atoms with E-state index >= 15 is 0 Å². The second-order valence-corrected chi connectivity index (χ2v) is 3.53. The normalized spacial score (nSPS) is 15.2. The molecule has 15 heavy (non-hydrogen) atoms. The van der Waals surface area contributed by atoms with Crippen molar-refractivity contribution in [1.29, 1.82) is 0 Å². The average Bonchev–Trinajstić information content (AvgIpc) is 2.26. The number of hydrogen-bond donors (Lipinski definition) is 2. The molecule has 0 aliphatic carbocycles. The van der Waals surface area contributed by atoms with Gasteiger partial charge in [-0.3, -0.25) is 0 Å². The van der Waals surface area contributed by atoms with Crippen molar-refractivity contribution >= 4 is 0 Å². The molecule has 0 spiro atoms. The van der Waals surface area contributed by atoms with Gasteiger partial charge in [-0.15, -0.1) is 0 Å². The lowest BCUT2D eigenvalue weighted by Gasteiger charge is -2.31. The number of ether oxygens (including phenoxy) is 2. The van der Waals surface area contributed by atoms with E-state index in [1.54, 1.807) is 0 Å². The number of nitrogens with one attached hydrogen (secondary N) is 1. The Bertz CT molecular complexity index is 147. The molecule has 0 aromatic heterocycles. The van der Waals surface area contributed by atoms with Gasteiger partial charge < -0.3 is 19.6 Å². The Kier molecular flexibility index (Phi) is 8.94. The Balaban J connectivity index is 4.09. The van der Waals surface area contributed by atoms with Crippen LogP contribution < -0.4 is 11.2 Å². The highest BCUT2D eigenvalue weighted by atomic mass is 16.6. The summed E-state index contributed by atoms with van der Waals surface area (Å²) in [7, 11) is 1.85. The fourth-order valence-corrected chi connectivity index (χ4v) is 1.21. The smallest absolute Gasteiger partial charge is 0.0907 e. The first kappa shape index (κ1) is 14.8. The molecular weight excluding hydrogens is 196 g/mol. The van der Waals surface area contributed by atoms with Gasteiger partial charge in [0.1, 0.15) is 0 Å². The summed E-state index contributed by atoms with van der Waals surface area (Å²) in [6, 6.07) is 0. The van der Waals surface area contributed by atoms with E-state index < -0.39 is 0 Å². The first-order chi connectivity index (χ1) is 7.24. The Labute approximate surface area is 92.2 Å². The summed E-state index contributed by atoms with van der Waals surface area (Å²) in [5.74, 6) is 5.12. The Hall–Kier alpha value is -0.200. The van der Waals surface area contributed by atoms with Gasteiger partial charge in [0.15, 0.2) is 0 Å². The minimum atomic E-state index is -0.347. The van der Waals surface area contributed by atoms with Crippen LogP contribution in [0.25, 0.3) is 0 Å². The quantitative estimate of drug-likeness (QED) is 0.409. The van der Waals surface area contributed by atoms with E-state index in [2.05, 4.69) is 12.2 Å². The van der Waals surface area contributed by atoms with E-state index in [4.69, 9.17) is 20.2 Å². The van der Waals surface area contributed by atoms with Gasteiger partial charge in [-0.05, 0) is 20.4 Å². The summed E-state index contributed by atoms with van der Waals surface area (Å²) in [5, 5.41) is 3.16. The maximum Gasteiger partial charge on any atom is 0.0907 e. The van der Waals surface area contributed by atoms with Crippen LogP contribution in [0.15, 0.2) is 0 Å². The predicted octanol–water partition coefficient (Wildman–Crippen LogP) is 0.298. The van der Waals surface area contributed by atoms with E-state index in [1.165, 1.54) is 0 Å². The van der Waals surface area contributed by atoms with E-state index in [0.29, 0.717) is 26.4 Å². The topological polar surface area (TPSA) is 65.7 Å². The number of hydrogen-bond acceptors (Lipinski definition) is 5. The van der Waals surface area contributed by atoms with Crippen molar-refractivity contribution in [2.45, 2.75) is 25.8 Å². The maximum atomic E-state index is 5.51. The van der Waals surface area contributed by atoms with Crippen LogP contribution in [0.4, 0.5) is 0 Å². The molecule has 0 heterocycles. The number of likely N-dealkylation sites (N-methyl/N-ethyl adjacent to an activating group) is 1. The molecule has 0 amide bonds. The van der Waals surface area contributed by atoms with Crippen LogP contribution in [0.1, 0.15) is 20.3 Å². The number of nitrogens with two attached hydrogens (primary N) is 1. The molecule has 0 fully saturated rings. The van der Waals surface area contributed by atoms with Gasteiger partial charge in [0, 0.05) is 13.2 Å². The summed E-state index contributed by atoms with van der Waals surface area (Å²) in [6.45, 7) is 6.87. The molecule has 0 aliphatic rings. The van der Waals surface area contributed by atoms with Gasteiger partial charge >= 0.3 is 0 Å². The zero-order valence-electron chi connectivity index (χ0n) is 10.0. The summed E-state index contributed by atoms with van der Waals surface area (Å²) in [6.07, 6.45) is 0.998. The van der Waals surface area contributed by atoms with E-state index in [9.17, 15) is 0 Å². The SMILES string of the molecule is CCCOCC(CON)(COCC)NC. The molecule has 5 heteroatoms. The van der Waals surface area contributed by atoms with Gasteiger partial charge in [0.05, 0.1) is 25.4 Å². The molecule has 0 radical (unpaired) electrons. The van der Waals surface area contributed by atoms with Crippen molar-refractivity contribution < 1.29 is 14.3 Å². The van der Waals surface area contributed by atoms with Crippen LogP contribution >= 0.6 is 0 Å². The molecule has 3 N–H and O–H groups in total. The van der Waals surface area contributed by atoms with Crippen LogP contribution in [0, 0.1) is 0 Å². The Morgan fingerprint density at radius 2 is 1.80 bits per heavy atom. The summed E-state index contributed by atoms with van der Waals surface area (Å²) in [4.78, 5) is 4.70. The monoisotopic (exact) mass is 220 g/mol. The molecule has 1 unspecified atom stereocenters. The van der Waals surface area contributed by atoms with Crippen LogP contribution in [0.3, 0.4) is 0 Å². The zero-order valence-corrected chi connectivity index (χ0v) is 10.0. The molecule has 0 rings (SSSR count). The highest BCUT2D eigenvalue weighted by Gasteiger charge is 2.29. The molecule has 0 saturated carbocycles. The summed E-state index contributed by atoms with van der Waals surface area (Å²) >= 11 is 0. The van der Waals surface area contributed by atoms with E-state index in [1.807, 2.05) is 14.0 Å². The first-order valence-corrected chi connectivity index (χ1v) is 5.40. The zero-order chi connectivity index (χ0) is 11.6. The average molecular weight is 220 g/mol. The maximum absolute atomic E-state index is 5.51. The van der Waals surface area contributed by atoms with Gasteiger partial charge in [0.2, 0.25) is 0 Å². The molecular formula is C10H24N2O3. The van der Waals surface area contributed by atoms with Crippen molar-refractivity contribution in [3.05, 3.63) is 0 Å².